The second-order valence-electron chi connectivity index (χ2n) is 5.90. The second kappa shape index (κ2) is 5.58. The molecule has 1 aliphatic heterocycles. The molecule has 0 spiro atoms. The van der Waals surface area contributed by atoms with Crippen LogP contribution in [0.3, 0.4) is 0 Å². The summed E-state index contributed by atoms with van der Waals surface area (Å²) >= 11 is 0. The molecule has 6 heteroatoms. The predicted molar refractivity (Wildman–Crippen MR) is 64.7 cm³/mol. The predicted octanol–water partition coefficient (Wildman–Crippen LogP) is 2.85. The Morgan fingerprint density at radius 1 is 1.21 bits per heavy atom. The minimum atomic E-state index is -4.11. The lowest BCUT2D eigenvalue weighted by Gasteiger charge is -2.34. The molecule has 0 bridgehead atoms. The quantitative estimate of drug-likeness (QED) is 0.863. The molecule has 2 rings (SSSR count). The monoisotopic (exact) mass is 281 g/mol. The third-order valence-electron chi connectivity index (χ3n) is 3.86. The molecule has 2 aliphatic rings. The van der Waals surface area contributed by atoms with Gasteiger partial charge < -0.3 is 14.8 Å². The fourth-order valence-electron chi connectivity index (χ4n) is 2.91. The van der Waals surface area contributed by atoms with E-state index in [1.54, 1.807) is 0 Å². The number of hydrogen-bond acceptors (Lipinski definition) is 3. The van der Waals surface area contributed by atoms with Gasteiger partial charge in [-0.05, 0) is 26.7 Å². The average molecular weight is 281 g/mol. The Hall–Kier alpha value is -0.330. The Morgan fingerprint density at radius 2 is 1.89 bits per heavy atom. The van der Waals surface area contributed by atoms with Crippen LogP contribution >= 0.6 is 0 Å². The van der Waals surface area contributed by atoms with Gasteiger partial charge in [0.1, 0.15) is 0 Å². The van der Waals surface area contributed by atoms with Crippen molar-refractivity contribution in [2.75, 3.05) is 13.2 Å². The summed E-state index contributed by atoms with van der Waals surface area (Å²) in [5, 5.41) is 3.03. The highest BCUT2D eigenvalue weighted by Gasteiger charge is 2.45. The fourth-order valence-corrected chi connectivity index (χ4v) is 2.91. The Balaban J connectivity index is 1.84. The van der Waals surface area contributed by atoms with Crippen LogP contribution in [0.2, 0.25) is 0 Å². The molecule has 0 radical (unpaired) electrons. The van der Waals surface area contributed by atoms with Crippen molar-refractivity contribution in [3.8, 4) is 0 Å². The van der Waals surface area contributed by atoms with Crippen molar-refractivity contribution in [1.29, 1.82) is 0 Å². The summed E-state index contributed by atoms with van der Waals surface area (Å²) < 4.78 is 49.8. The van der Waals surface area contributed by atoms with Gasteiger partial charge in [-0.2, -0.15) is 13.2 Å². The van der Waals surface area contributed by atoms with Gasteiger partial charge in [0, 0.05) is 12.6 Å². The average Bonchev–Trinajstić information content (AvgIpc) is 2.66. The maximum absolute atomic E-state index is 12.9. The van der Waals surface area contributed by atoms with Crippen LogP contribution in [-0.4, -0.2) is 37.3 Å². The first-order valence-electron chi connectivity index (χ1n) is 6.90. The minimum Gasteiger partial charge on any atom is -0.348 e. The molecule has 112 valence electrons. The zero-order valence-corrected chi connectivity index (χ0v) is 11.4. The van der Waals surface area contributed by atoms with E-state index in [1.165, 1.54) is 0 Å². The molecule has 1 aliphatic carbocycles. The summed E-state index contributed by atoms with van der Waals surface area (Å²) in [5.74, 6) is -1.85. The molecular weight excluding hydrogens is 259 g/mol. The molecule has 1 heterocycles. The minimum absolute atomic E-state index is 0.161. The Labute approximate surface area is 111 Å². The molecule has 1 saturated heterocycles. The van der Waals surface area contributed by atoms with Crippen LogP contribution in [0.5, 0.6) is 0 Å². The van der Waals surface area contributed by atoms with Crippen molar-refractivity contribution >= 4 is 0 Å². The summed E-state index contributed by atoms with van der Waals surface area (Å²) in [7, 11) is 0. The van der Waals surface area contributed by atoms with Crippen LogP contribution in [0.15, 0.2) is 0 Å². The maximum atomic E-state index is 12.9. The van der Waals surface area contributed by atoms with Crippen molar-refractivity contribution in [2.24, 2.45) is 5.92 Å². The molecular formula is C13H22F3NO2. The van der Waals surface area contributed by atoms with Gasteiger partial charge in [-0.15, -0.1) is 0 Å². The molecule has 0 amide bonds. The first-order chi connectivity index (χ1) is 8.78. The normalized spacial score (nSPS) is 35.5. The smallest absolute Gasteiger partial charge is 0.348 e. The largest absolute Gasteiger partial charge is 0.393 e. The molecule has 3 unspecified atom stereocenters. The third-order valence-corrected chi connectivity index (χ3v) is 3.86. The van der Waals surface area contributed by atoms with Gasteiger partial charge in [-0.3, -0.25) is 0 Å². The number of halogens is 3. The van der Waals surface area contributed by atoms with E-state index in [-0.39, 0.29) is 12.5 Å². The number of alkyl halides is 3. The number of rotatable bonds is 3. The first kappa shape index (κ1) is 15.1. The molecule has 19 heavy (non-hydrogen) atoms. The van der Waals surface area contributed by atoms with E-state index in [0.717, 1.165) is 6.42 Å². The number of ether oxygens (including phenoxy) is 2. The molecule has 0 aromatic carbocycles. The number of nitrogens with one attached hydrogen (secondary N) is 1. The lowest BCUT2D eigenvalue weighted by Crippen LogP contribution is -2.48. The molecule has 0 aromatic rings. The second-order valence-corrected chi connectivity index (χ2v) is 5.90. The summed E-state index contributed by atoms with van der Waals surface area (Å²) in [6.07, 6.45) is -1.93. The van der Waals surface area contributed by atoms with E-state index in [0.29, 0.717) is 26.0 Å². The molecule has 2 fully saturated rings. The summed E-state index contributed by atoms with van der Waals surface area (Å²) in [5.41, 5.74) is 0. The van der Waals surface area contributed by atoms with Gasteiger partial charge in [0.05, 0.1) is 18.6 Å². The zero-order valence-electron chi connectivity index (χ0n) is 11.4. The Bertz CT molecular complexity index is 307. The van der Waals surface area contributed by atoms with Gasteiger partial charge >= 0.3 is 6.18 Å². The van der Waals surface area contributed by atoms with Gasteiger partial charge in [0.2, 0.25) is 0 Å². The SMILES string of the molecule is CC1(C)OCC(CNC2CCCCC2C(F)(F)F)O1. The van der Waals surface area contributed by atoms with Crippen LogP contribution in [-0.2, 0) is 9.47 Å². The van der Waals surface area contributed by atoms with Gasteiger partial charge in [-0.1, -0.05) is 12.8 Å². The van der Waals surface area contributed by atoms with Crippen LogP contribution < -0.4 is 5.32 Å². The molecule has 1 N–H and O–H groups in total. The van der Waals surface area contributed by atoms with Gasteiger partial charge in [0.25, 0.3) is 0 Å². The Kier molecular flexibility index (Phi) is 4.42. The highest BCUT2D eigenvalue weighted by molar-refractivity contribution is 4.87. The van der Waals surface area contributed by atoms with E-state index in [9.17, 15) is 13.2 Å². The van der Waals surface area contributed by atoms with E-state index in [4.69, 9.17) is 9.47 Å². The lowest BCUT2D eigenvalue weighted by atomic mass is 9.84. The van der Waals surface area contributed by atoms with Crippen molar-refractivity contribution < 1.29 is 22.6 Å². The van der Waals surface area contributed by atoms with E-state index in [1.807, 2.05) is 13.8 Å². The standard InChI is InChI=1S/C13H22F3NO2/c1-12(2)18-8-9(19-12)7-17-11-6-4-3-5-10(11)13(14,15)16/h9-11,17H,3-8H2,1-2H3. The fraction of sp³-hybridized carbons (Fsp3) is 1.00. The van der Waals surface area contributed by atoms with Crippen LogP contribution in [0.4, 0.5) is 13.2 Å². The van der Waals surface area contributed by atoms with Gasteiger partial charge in [-0.25, -0.2) is 0 Å². The number of hydrogen-bond donors (Lipinski definition) is 1. The van der Waals surface area contributed by atoms with Crippen molar-refractivity contribution in [3.63, 3.8) is 0 Å². The molecule has 0 aromatic heterocycles. The van der Waals surface area contributed by atoms with Crippen molar-refractivity contribution in [1.82, 2.24) is 5.32 Å². The van der Waals surface area contributed by atoms with E-state index in [2.05, 4.69) is 5.32 Å². The van der Waals surface area contributed by atoms with Gasteiger partial charge in [0.15, 0.2) is 5.79 Å². The summed E-state index contributed by atoms with van der Waals surface area (Å²) in [4.78, 5) is 0. The van der Waals surface area contributed by atoms with Crippen molar-refractivity contribution in [3.05, 3.63) is 0 Å². The summed E-state index contributed by atoms with van der Waals surface area (Å²) in [6, 6.07) is -0.485. The van der Waals surface area contributed by atoms with Crippen molar-refractivity contribution in [2.45, 2.75) is 63.6 Å². The van der Waals surface area contributed by atoms with Crippen LogP contribution in [0.1, 0.15) is 39.5 Å². The topological polar surface area (TPSA) is 30.5 Å². The zero-order chi connectivity index (χ0) is 14.1. The van der Waals surface area contributed by atoms with E-state index < -0.39 is 23.9 Å². The highest BCUT2D eigenvalue weighted by atomic mass is 19.4. The summed E-state index contributed by atoms with van der Waals surface area (Å²) in [6.45, 7) is 4.47. The Morgan fingerprint density at radius 3 is 2.47 bits per heavy atom. The molecule has 1 saturated carbocycles. The van der Waals surface area contributed by atoms with Crippen LogP contribution in [0, 0.1) is 5.92 Å². The van der Waals surface area contributed by atoms with E-state index >= 15 is 0 Å². The van der Waals surface area contributed by atoms with Crippen LogP contribution in [0.25, 0.3) is 0 Å². The molecule has 3 atom stereocenters. The third kappa shape index (κ3) is 4.07. The lowest BCUT2D eigenvalue weighted by molar-refractivity contribution is -0.189. The maximum Gasteiger partial charge on any atom is 0.393 e. The molecule has 3 nitrogen and oxygen atoms in total. The first-order valence-corrected chi connectivity index (χ1v) is 6.90. The highest BCUT2D eigenvalue weighted by Crippen LogP contribution is 2.37.